The average molecular weight is 270 g/mol. The fourth-order valence-corrected chi connectivity index (χ4v) is 1.54. The van der Waals surface area contributed by atoms with E-state index in [1.807, 2.05) is 0 Å². The zero-order valence-electron chi connectivity index (χ0n) is 11.0. The number of methoxy groups -OCH3 is 2. The van der Waals surface area contributed by atoms with Crippen molar-refractivity contribution in [3.63, 3.8) is 0 Å². The zero-order valence-corrected chi connectivity index (χ0v) is 11.0. The molecule has 1 rings (SSSR count). The number of Topliss-reactive ketones (excluding diaryl/α,β-unsaturated/α-hetero) is 1. The van der Waals surface area contributed by atoms with Gasteiger partial charge in [0.1, 0.15) is 11.6 Å². The Kier molecular flexibility index (Phi) is 5.44. The number of hydrogen-bond acceptors (Lipinski definition) is 5. The van der Waals surface area contributed by atoms with Gasteiger partial charge in [-0.2, -0.15) is 0 Å². The first-order chi connectivity index (χ1) is 9.04. The molecule has 0 aromatic heterocycles. The lowest BCUT2D eigenvalue weighted by Gasteiger charge is -2.10. The van der Waals surface area contributed by atoms with Gasteiger partial charge in [0.05, 0.1) is 25.9 Å². The maximum absolute atomic E-state index is 13.8. The van der Waals surface area contributed by atoms with Gasteiger partial charge in [-0.25, -0.2) is 9.18 Å². The van der Waals surface area contributed by atoms with Crippen molar-refractivity contribution in [1.82, 2.24) is 0 Å². The van der Waals surface area contributed by atoms with E-state index in [-0.39, 0.29) is 24.5 Å². The third-order valence-corrected chi connectivity index (χ3v) is 2.38. The molecule has 0 aliphatic heterocycles. The van der Waals surface area contributed by atoms with Crippen LogP contribution in [0, 0.1) is 5.82 Å². The van der Waals surface area contributed by atoms with Gasteiger partial charge in [0.25, 0.3) is 5.78 Å². The van der Waals surface area contributed by atoms with Gasteiger partial charge in [-0.05, 0) is 13.0 Å². The Morgan fingerprint density at radius 2 is 1.95 bits per heavy atom. The molecule has 0 amide bonds. The van der Waals surface area contributed by atoms with Crippen molar-refractivity contribution in [2.75, 3.05) is 20.8 Å². The predicted molar refractivity (Wildman–Crippen MR) is 64.6 cm³/mol. The molecule has 0 heterocycles. The molecule has 0 spiro atoms. The number of halogens is 1. The molecule has 0 unspecified atom stereocenters. The van der Waals surface area contributed by atoms with E-state index >= 15 is 0 Å². The number of esters is 1. The molecule has 1 aromatic carbocycles. The van der Waals surface area contributed by atoms with Crippen LogP contribution in [0.15, 0.2) is 12.1 Å². The van der Waals surface area contributed by atoms with Gasteiger partial charge in [0.15, 0.2) is 0 Å². The lowest BCUT2D eigenvalue weighted by molar-refractivity contribution is -0.137. The van der Waals surface area contributed by atoms with Crippen molar-refractivity contribution >= 4 is 11.8 Å². The topological polar surface area (TPSA) is 61.8 Å². The highest BCUT2D eigenvalue weighted by atomic mass is 19.1. The first-order valence-electron chi connectivity index (χ1n) is 5.61. The standard InChI is InChI=1S/C13H15FO5/c1-4-19-13(16)12(15)9-5-8(7-17-2)11(18-3)6-10(9)14/h5-6H,4,7H2,1-3H3. The average Bonchev–Trinajstić information content (AvgIpc) is 2.40. The molecule has 0 N–H and O–H groups in total. The van der Waals surface area contributed by atoms with Gasteiger partial charge in [-0.1, -0.05) is 0 Å². The van der Waals surface area contributed by atoms with Crippen molar-refractivity contribution in [2.45, 2.75) is 13.5 Å². The predicted octanol–water partition coefficient (Wildman–Crippen LogP) is 1.73. The zero-order chi connectivity index (χ0) is 14.4. The fourth-order valence-electron chi connectivity index (χ4n) is 1.54. The molecule has 5 nitrogen and oxygen atoms in total. The van der Waals surface area contributed by atoms with Crippen LogP contribution in [-0.4, -0.2) is 32.6 Å². The van der Waals surface area contributed by atoms with Crippen LogP contribution in [0.2, 0.25) is 0 Å². The molecule has 0 radical (unpaired) electrons. The highest BCUT2D eigenvalue weighted by Gasteiger charge is 2.23. The minimum absolute atomic E-state index is 0.0489. The molecule has 0 saturated heterocycles. The third-order valence-electron chi connectivity index (χ3n) is 2.38. The van der Waals surface area contributed by atoms with E-state index in [1.165, 1.54) is 20.3 Å². The summed E-state index contributed by atoms with van der Waals surface area (Å²) in [4.78, 5) is 23.0. The second-order valence-electron chi connectivity index (χ2n) is 3.63. The number of benzene rings is 1. The summed E-state index contributed by atoms with van der Waals surface area (Å²) in [6, 6.07) is 2.28. The Bertz CT molecular complexity index is 484. The van der Waals surface area contributed by atoms with Crippen LogP contribution in [0.3, 0.4) is 0 Å². The summed E-state index contributed by atoms with van der Waals surface area (Å²) < 4.78 is 28.2. The number of rotatable bonds is 6. The molecule has 19 heavy (non-hydrogen) atoms. The first-order valence-corrected chi connectivity index (χ1v) is 5.61. The smallest absolute Gasteiger partial charge is 0.379 e. The molecule has 0 saturated carbocycles. The van der Waals surface area contributed by atoms with Crippen molar-refractivity contribution in [3.05, 3.63) is 29.1 Å². The van der Waals surface area contributed by atoms with Crippen LogP contribution in [0.4, 0.5) is 4.39 Å². The molecule has 0 aliphatic rings. The number of hydrogen-bond donors (Lipinski definition) is 0. The Morgan fingerprint density at radius 3 is 2.47 bits per heavy atom. The highest BCUT2D eigenvalue weighted by Crippen LogP contribution is 2.24. The van der Waals surface area contributed by atoms with E-state index in [1.54, 1.807) is 6.92 Å². The molecule has 0 bridgehead atoms. The Balaban J connectivity index is 3.17. The van der Waals surface area contributed by atoms with Gasteiger partial charge in [0.2, 0.25) is 0 Å². The molecule has 6 heteroatoms. The molecule has 0 atom stereocenters. The lowest BCUT2D eigenvalue weighted by Crippen LogP contribution is -2.19. The Labute approximate surface area is 110 Å². The van der Waals surface area contributed by atoms with Crippen LogP contribution in [-0.2, 0) is 20.9 Å². The van der Waals surface area contributed by atoms with Gasteiger partial charge in [-0.15, -0.1) is 0 Å². The monoisotopic (exact) mass is 270 g/mol. The van der Waals surface area contributed by atoms with Gasteiger partial charge in [-0.3, -0.25) is 4.79 Å². The van der Waals surface area contributed by atoms with Gasteiger partial charge >= 0.3 is 5.97 Å². The van der Waals surface area contributed by atoms with E-state index in [4.69, 9.17) is 9.47 Å². The molecule has 1 aromatic rings. The summed E-state index contributed by atoms with van der Waals surface area (Å²) in [5, 5.41) is 0. The van der Waals surface area contributed by atoms with Crippen molar-refractivity contribution < 1.29 is 28.2 Å². The van der Waals surface area contributed by atoms with E-state index < -0.39 is 17.6 Å². The summed E-state index contributed by atoms with van der Waals surface area (Å²) in [5.41, 5.74) is 0.116. The SMILES string of the molecule is CCOC(=O)C(=O)c1cc(COC)c(OC)cc1F. The first kappa shape index (κ1) is 15.1. The number of ketones is 1. The maximum Gasteiger partial charge on any atom is 0.379 e. The maximum atomic E-state index is 13.8. The number of carbonyl (C=O) groups is 2. The van der Waals surface area contributed by atoms with Crippen LogP contribution >= 0.6 is 0 Å². The summed E-state index contributed by atoms with van der Waals surface area (Å²) in [6.45, 7) is 1.74. The number of carbonyl (C=O) groups excluding carboxylic acids is 2. The largest absolute Gasteiger partial charge is 0.496 e. The second-order valence-corrected chi connectivity index (χ2v) is 3.63. The molecular formula is C13H15FO5. The van der Waals surface area contributed by atoms with Crippen LogP contribution in [0.5, 0.6) is 5.75 Å². The third kappa shape index (κ3) is 3.51. The van der Waals surface area contributed by atoms with Crippen molar-refractivity contribution in [2.24, 2.45) is 0 Å². The Hall–Kier alpha value is -1.95. The molecule has 0 aliphatic carbocycles. The minimum Gasteiger partial charge on any atom is -0.496 e. The van der Waals surface area contributed by atoms with E-state index in [9.17, 15) is 14.0 Å². The molecule has 0 fully saturated rings. The van der Waals surface area contributed by atoms with Crippen molar-refractivity contribution in [3.8, 4) is 5.75 Å². The number of ether oxygens (including phenoxy) is 3. The van der Waals surface area contributed by atoms with E-state index in [2.05, 4.69) is 4.74 Å². The Morgan fingerprint density at radius 1 is 1.26 bits per heavy atom. The summed E-state index contributed by atoms with van der Waals surface area (Å²) in [6.07, 6.45) is 0. The van der Waals surface area contributed by atoms with Crippen LogP contribution < -0.4 is 4.74 Å². The second kappa shape index (κ2) is 6.84. The fraction of sp³-hybridized carbons (Fsp3) is 0.385. The van der Waals surface area contributed by atoms with Crippen LogP contribution in [0.1, 0.15) is 22.8 Å². The normalized spacial score (nSPS) is 10.1. The summed E-state index contributed by atoms with van der Waals surface area (Å²) in [7, 11) is 2.83. The minimum atomic E-state index is -1.09. The molecular weight excluding hydrogens is 255 g/mol. The van der Waals surface area contributed by atoms with E-state index in [0.717, 1.165) is 6.07 Å². The van der Waals surface area contributed by atoms with Crippen LogP contribution in [0.25, 0.3) is 0 Å². The van der Waals surface area contributed by atoms with E-state index in [0.29, 0.717) is 5.56 Å². The summed E-state index contributed by atoms with van der Waals surface area (Å²) >= 11 is 0. The van der Waals surface area contributed by atoms with Crippen molar-refractivity contribution in [1.29, 1.82) is 0 Å². The molecule has 104 valence electrons. The highest BCUT2D eigenvalue weighted by molar-refractivity contribution is 6.40. The quantitative estimate of drug-likeness (QED) is 0.447. The lowest BCUT2D eigenvalue weighted by atomic mass is 10.1. The van der Waals surface area contributed by atoms with Gasteiger partial charge < -0.3 is 14.2 Å². The van der Waals surface area contributed by atoms with Gasteiger partial charge in [0, 0.05) is 18.7 Å². The summed E-state index contributed by atoms with van der Waals surface area (Å²) in [5.74, 6) is -2.70.